The van der Waals surface area contributed by atoms with Crippen LogP contribution in [0.3, 0.4) is 0 Å². The predicted molar refractivity (Wildman–Crippen MR) is 79.0 cm³/mol. The van der Waals surface area contributed by atoms with Gasteiger partial charge in [-0.3, -0.25) is 14.5 Å². The number of morpholine rings is 1. The number of nitrogens with one attached hydrogen (secondary N) is 2. The van der Waals surface area contributed by atoms with E-state index in [1.54, 1.807) is 6.92 Å². The molecule has 1 saturated heterocycles. The van der Waals surface area contributed by atoms with E-state index in [2.05, 4.69) is 10.6 Å². The molecule has 0 aliphatic carbocycles. The number of nitrogens with zero attached hydrogens (tertiary/aromatic N) is 1. The van der Waals surface area contributed by atoms with E-state index in [1.165, 1.54) is 0 Å². The van der Waals surface area contributed by atoms with Crippen LogP contribution in [0.4, 0.5) is 0 Å². The lowest BCUT2D eigenvalue weighted by atomic mass is 10.3. The number of carbonyl (C=O) groups excluding carboxylic acids is 2. The number of rotatable bonds is 9. The van der Waals surface area contributed by atoms with Crippen molar-refractivity contribution in [2.45, 2.75) is 25.9 Å². The first-order chi connectivity index (χ1) is 10.1. The van der Waals surface area contributed by atoms with Gasteiger partial charge < -0.3 is 20.1 Å². The Kier molecular flexibility index (Phi) is 8.96. The van der Waals surface area contributed by atoms with E-state index in [-0.39, 0.29) is 18.0 Å². The minimum absolute atomic E-state index is 0.0369. The molecule has 0 aromatic rings. The minimum Gasteiger partial charge on any atom is -0.466 e. The topological polar surface area (TPSA) is 79.9 Å². The van der Waals surface area contributed by atoms with Crippen LogP contribution >= 0.6 is 0 Å². The summed E-state index contributed by atoms with van der Waals surface area (Å²) in [5, 5.41) is 6.06. The molecule has 21 heavy (non-hydrogen) atoms. The van der Waals surface area contributed by atoms with Crippen LogP contribution in [0.5, 0.6) is 0 Å². The maximum absolute atomic E-state index is 11.7. The maximum atomic E-state index is 11.7. The molecule has 0 radical (unpaired) electrons. The number of likely N-dealkylation sites (N-methyl/N-ethyl adjacent to an activating group) is 1. The molecule has 1 aliphatic rings. The maximum Gasteiger partial charge on any atom is 0.305 e. The monoisotopic (exact) mass is 301 g/mol. The van der Waals surface area contributed by atoms with Crippen LogP contribution in [-0.2, 0) is 19.1 Å². The molecule has 1 unspecified atom stereocenters. The third-order valence-corrected chi connectivity index (χ3v) is 3.12. The van der Waals surface area contributed by atoms with Gasteiger partial charge in [0.05, 0.1) is 25.9 Å². The quantitative estimate of drug-likeness (QED) is 0.436. The van der Waals surface area contributed by atoms with Gasteiger partial charge in [-0.15, -0.1) is 0 Å². The van der Waals surface area contributed by atoms with Gasteiger partial charge in [0.2, 0.25) is 5.91 Å². The molecular weight excluding hydrogens is 274 g/mol. The fraction of sp³-hybridized carbons (Fsp3) is 0.857. The van der Waals surface area contributed by atoms with Crippen LogP contribution in [0.2, 0.25) is 0 Å². The standard InChI is InChI=1S/C14H27N3O4/c1-3-20-14(19)5-4-6-16-13(18)11-17(2)10-12-9-15-7-8-21-12/h12,15H,3-11H2,1-2H3,(H,16,18). The van der Waals surface area contributed by atoms with Crippen molar-refractivity contribution in [1.82, 2.24) is 15.5 Å². The van der Waals surface area contributed by atoms with E-state index in [0.717, 1.165) is 26.2 Å². The molecule has 122 valence electrons. The lowest BCUT2D eigenvalue weighted by Gasteiger charge is -2.27. The Bertz CT molecular complexity index is 319. The summed E-state index contributed by atoms with van der Waals surface area (Å²) in [4.78, 5) is 24.8. The molecular formula is C14H27N3O4. The zero-order valence-electron chi connectivity index (χ0n) is 13.0. The van der Waals surface area contributed by atoms with Gasteiger partial charge in [-0.1, -0.05) is 0 Å². The highest BCUT2D eigenvalue weighted by Gasteiger charge is 2.16. The third-order valence-electron chi connectivity index (χ3n) is 3.12. The summed E-state index contributed by atoms with van der Waals surface area (Å²) in [6.45, 7) is 6.16. The smallest absolute Gasteiger partial charge is 0.305 e. The van der Waals surface area contributed by atoms with Crippen molar-refractivity contribution in [1.29, 1.82) is 0 Å². The zero-order valence-corrected chi connectivity index (χ0v) is 13.0. The molecule has 0 aromatic heterocycles. The first-order valence-corrected chi connectivity index (χ1v) is 7.55. The molecule has 0 spiro atoms. The van der Waals surface area contributed by atoms with Gasteiger partial charge in [-0.25, -0.2) is 0 Å². The molecule has 2 N–H and O–H groups in total. The molecule has 0 bridgehead atoms. The van der Waals surface area contributed by atoms with E-state index in [0.29, 0.717) is 32.5 Å². The number of esters is 1. The molecule has 1 atom stereocenters. The summed E-state index contributed by atoms with van der Waals surface area (Å²) in [6.07, 6.45) is 1.08. The van der Waals surface area contributed by atoms with E-state index in [1.807, 2.05) is 11.9 Å². The van der Waals surface area contributed by atoms with Gasteiger partial charge >= 0.3 is 5.97 Å². The second kappa shape index (κ2) is 10.5. The molecule has 1 heterocycles. The highest BCUT2D eigenvalue weighted by molar-refractivity contribution is 5.78. The summed E-state index contributed by atoms with van der Waals surface area (Å²) in [5.41, 5.74) is 0. The first-order valence-electron chi connectivity index (χ1n) is 7.55. The highest BCUT2D eigenvalue weighted by atomic mass is 16.5. The van der Waals surface area contributed by atoms with Crippen molar-refractivity contribution in [3.63, 3.8) is 0 Å². The van der Waals surface area contributed by atoms with E-state index in [4.69, 9.17) is 9.47 Å². The lowest BCUT2D eigenvalue weighted by molar-refractivity contribution is -0.143. The van der Waals surface area contributed by atoms with Crippen molar-refractivity contribution in [2.75, 3.05) is 53.0 Å². The molecule has 1 rings (SSSR count). The predicted octanol–water partition coefficient (Wildman–Crippen LogP) is -0.634. The van der Waals surface area contributed by atoms with E-state index >= 15 is 0 Å². The molecule has 0 aromatic carbocycles. The molecule has 7 heteroatoms. The van der Waals surface area contributed by atoms with Crippen LogP contribution in [0, 0.1) is 0 Å². The van der Waals surface area contributed by atoms with Crippen molar-refractivity contribution in [3.8, 4) is 0 Å². The number of ether oxygens (including phenoxy) is 2. The normalized spacial score (nSPS) is 18.5. The Morgan fingerprint density at radius 2 is 2.29 bits per heavy atom. The van der Waals surface area contributed by atoms with Crippen molar-refractivity contribution >= 4 is 11.9 Å². The Balaban J connectivity index is 2.05. The van der Waals surface area contributed by atoms with Gasteiger partial charge in [0.1, 0.15) is 0 Å². The molecule has 1 amide bonds. The largest absolute Gasteiger partial charge is 0.466 e. The molecule has 7 nitrogen and oxygen atoms in total. The average Bonchev–Trinajstić information content (AvgIpc) is 2.45. The van der Waals surface area contributed by atoms with Gasteiger partial charge in [-0.2, -0.15) is 0 Å². The number of hydrogen-bond donors (Lipinski definition) is 2. The Hall–Kier alpha value is -1.18. The van der Waals surface area contributed by atoms with Gasteiger partial charge in [0.15, 0.2) is 0 Å². The van der Waals surface area contributed by atoms with Crippen LogP contribution in [-0.4, -0.2) is 75.9 Å². The number of carbonyl (C=O) groups is 2. The zero-order chi connectivity index (χ0) is 15.5. The van der Waals surface area contributed by atoms with Crippen LogP contribution in [0.25, 0.3) is 0 Å². The fourth-order valence-electron chi connectivity index (χ4n) is 2.14. The Labute approximate surface area is 126 Å². The van der Waals surface area contributed by atoms with Crippen molar-refractivity contribution < 1.29 is 19.1 Å². The summed E-state index contributed by atoms with van der Waals surface area (Å²) >= 11 is 0. The second-order valence-corrected chi connectivity index (χ2v) is 5.15. The summed E-state index contributed by atoms with van der Waals surface area (Å²) < 4.78 is 10.4. The summed E-state index contributed by atoms with van der Waals surface area (Å²) in [6, 6.07) is 0. The van der Waals surface area contributed by atoms with Crippen molar-refractivity contribution in [2.24, 2.45) is 0 Å². The first kappa shape index (κ1) is 17.9. The Morgan fingerprint density at radius 1 is 1.48 bits per heavy atom. The minimum atomic E-state index is -0.217. The fourth-order valence-corrected chi connectivity index (χ4v) is 2.14. The van der Waals surface area contributed by atoms with Gasteiger partial charge in [0.25, 0.3) is 0 Å². The molecule has 1 aliphatic heterocycles. The molecule has 1 fully saturated rings. The Morgan fingerprint density at radius 3 is 2.95 bits per heavy atom. The van der Waals surface area contributed by atoms with Crippen LogP contribution in [0.1, 0.15) is 19.8 Å². The average molecular weight is 301 g/mol. The highest BCUT2D eigenvalue weighted by Crippen LogP contribution is 1.98. The van der Waals surface area contributed by atoms with Gasteiger partial charge in [-0.05, 0) is 20.4 Å². The summed E-state index contributed by atoms with van der Waals surface area (Å²) in [5.74, 6) is -0.254. The van der Waals surface area contributed by atoms with Gasteiger partial charge in [0, 0.05) is 32.6 Å². The number of amides is 1. The van der Waals surface area contributed by atoms with Crippen LogP contribution in [0.15, 0.2) is 0 Å². The van der Waals surface area contributed by atoms with Crippen LogP contribution < -0.4 is 10.6 Å². The number of hydrogen-bond acceptors (Lipinski definition) is 6. The summed E-state index contributed by atoms with van der Waals surface area (Å²) in [7, 11) is 1.90. The lowest BCUT2D eigenvalue weighted by Crippen LogP contribution is -2.46. The molecule has 0 saturated carbocycles. The van der Waals surface area contributed by atoms with Crippen molar-refractivity contribution in [3.05, 3.63) is 0 Å². The second-order valence-electron chi connectivity index (χ2n) is 5.15. The van der Waals surface area contributed by atoms with E-state index in [9.17, 15) is 9.59 Å². The van der Waals surface area contributed by atoms with E-state index < -0.39 is 0 Å². The SMILES string of the molecule is CCOC(=O)CCCNC(=O)CN(C)CC1CNCCO1. The third kappa shape index (κ3) is 8.64.